The summed E-state index contributed by atoms with van der Waals surface area (Å²) in [6.45, 7) is 4.76. The lowest BCUT2D eigenvalue weighted by atomic mass is 10.0. The lowest BCUT2D eigenvalue weighted by molar-refractivity contribution is -0.870. The summed E-state index contributed by atoms with van der Waals surface area (Å²) in [4.78, 5) is 37.8. The highest BCUT2D eigenvalue weighted by atomic mass is 16.7. The fourth-order valence-corrected chi connectivity index (χ4v) is 11.5. The number of hydrogen-bond donors (Lipinski definition) is 1. The van der Waals surface area contributed by atoms with Gasteiger partial charge in [-0.05, 0) is 128 Å². The molecule has 2 atom stereocenters. The number of carbonyl (C=O) groups is 3. The normalized spacial score (nSPS) is 13.5. The van der Waals surface area contributed by atoms with Gasteiger partial charge in [-0.1, -0.05) is 364 Å². The molecule has 0 saturated heterocycles. The quantitative estimate of drug-likeness (QED) is 0.0211. The zero-order valence-corrected chi connectivity index (χ0v) is 66.0. The van der Waals surface area contributed by atoms with Crippen molar-refractivity contribution < 1.29 is 42.9 Å². The number of esters is 2. The summed E-state index contributed by atoms with van der Waals surface area (Å²) >= 11 is 0. The molecule has 0 spiro atoms. The van der Waals surface area contributed by atoms with Crippen LogP contribution in [0.4, 0.5) is 0 Å². The molecule has 9 nitrogen and oxygen atoms in total. The van der Waals surface area contributed by atoms with Crippen LogP contribution in [0.5, 0.6) is 0 Å². The third-order valence-electron chi connectivity index (χ3n) is 17.8. The van der Waals surface area contributed by atoms with Crippen LogP contribution in [-0.2, 0) is 33.3 Å². The van der Waals surface area contributed by atoms with E-state index in [1.165, 1.54) is 193 Å². The van der Waals surface area contributed by atoms with Crippen molar-refractivity contribution in [2.75, 3.05) is 47.5 Å². The zero-order chi connectivity index (χ0) is 73.2. The summed E-state index contributed by atoms with van der Waals surface area (Å²) in [6, 6.07) is 0. The third-order valence-corrected chi connectivity index (χ3v) is 17.8. The van der Waals surface area contributed by atoms with Gasteiger partial charge in [0.05, 0.1) is 34.4 Å². The third kappa shape index (κ3) is 82.1. The lowest BCUT2D eigenvalue weighted by Crippen LogP contribution is -2.40. The molecular weight excluding hydrogens is 1250 g/mol. The maximum atomic E-state index is 13.0. The Morgan fingerprint density at radius 2 is 0.564 bits per heavy atom. The van der Waals surface area contributed by atoms with Gasteiger partial charge < -0.3 is 28.5 Å². The molecule has 0 heterocycles. The number of carbonyl (C=O) groups excluding carboxylic acids is 2. The molecule has 576 valence electrons. The Kier molecular flexibility index (Phi) is 76.5. The summed E-state index contributed by atoms with van der Waals surface area (Å²) in [7, 11) is 5.98. The van der Waals surface area contributed by atoms with Gasteiger partial charge in [0.2, 0.25) is 0 Å². The van der Waals surface area contributed by atoms with E-state index in [2.05, 4.69) is 172 Å². The Hall–Kier alpha value is -5.09. The van der Waals surface area contributed by atoms with Gasteiger partial charge in [-0.2, -0.15) is 0 Å². The van der Waals surface area contributed by atoms with Crippen LogP contribution in [0.1, 0.15) is 348 Å². The summed E-state index contributed by atoms with van der Waals surface area (Å²) < 4.78 is 23.0. The average Bonchev–Trinajstić information content (AvgIpc) is 1.21. The average molecular weight is 1400 g/mol. The van der Waals surface area contributed by atoms with E-state index in [1.807, 2.05) is 21.1 Å². The number of carboxylic acid groups (broad SMARTS) is 1. The van der Waals surface area contributed by atoms with Crippen molar-refractivity contribution in [2.24, 2.45) is 0 Å². The minimum absolute atomic E-state index is 0.180. The van der Waals surface area contributed by atoms with E-state index in [9.17, 15) is 19.5 Å². The molecule has 2 unspecified atom stereocenters. The molecule has 101 heavy (non-hydrogen) atoms. The second-order valence-electron chi connectivity index (χ2n) is 28.7. The van der Waals surface area contributed by atoms with Gasteiger partial charge in [-0.3, -0.25) is 9.59 Å². The Morgan fingerprint density at radius 3 is 0.842 bits per heavy atom. The van der Waals surface area contributed by atoms with Gasteiger partial charge in [0.25, 0.3) is 6.29 Å². The number of likely N-dealkylation sites (N-methyl/N-ethyl adjacent to an activating group) is 1. The molecule has 0 rings (SSSR count). The van der Waals surface area contributed by atoms with Crippen LogP contribution in [0, 0.1) is 0 Å². The summed E-state index contributed by atoms with van der Waals surface area (Å²) in [6.07, 6.45) is 117. The van der Waals surface area contributed by atoms with Crippen LogP contribution >= 0.6 is 0 Å². The highest BCUT2D eigenvalue weighted by Gasteiger charge is 2.25. The van der Waals surface area contributed by atoms with Crippen molar-refractivity contribution in [3.8, 4) is 0 Å². The fourth-order valence-electron chi connectivity index (χ4n) is 11.5. The van der Waals surface area contributed by atoms with E-state index in [4.69, 9.17) is 18.9 Å². The van der Waals surface area contributed by atoms with Gasteiger partial charge in [0.1, 0.15) is 13.2 Å². The van der Waals surface area contributed by atoms with E-state index in [-0.39, 0.29) is 32.2 Å². The molecule has 0 radical (unpaired) electrons. The number of hydrogen-bond acceptors (Lipinski definition) is 7. The molecule has 0 aromatic heterocycles. The molecule has 0 fully saturated rings. The molecule has 0 amide bonds. The lowest BCUT2D eigenvalue weighted by Gasteiger charge is -2.25. The Bertz CT molecular complexity index is 2230. The van der Waals surface area contributed by atoms with Crippen molar-refractivity contribution in [1.82, 2.24) is 0 Å². The van der Waals surface area contributed by atoms with E-state index in [0.717, 1.165) is 122 Å². The molecule has 0 aromatic carbocycles. The van der Waals surface area contributed by atoms with Crippen molar-refractivity contribution >= 4 is 17.9 Å². The first kappa shape index (κ1) is 95.9. The minimum atomic E-state index is -1.52. The summed E-state index contributed by atoms with van der Waals surface area (Å²) in [5.74, 6) is -2.01. The fraction of sp³-hybridized carbons (Fsp3) is 0.685. The van der Waals surface area contributed by atoms with Crippen molar-refractivity contribution in [3.63, 3.8) is 0 Å². The molecule has 0 aliphatic heterocycles. The number of nitrogens with zero attached hydrogens (tertiary/aromatic N) is 1. The first-order valence-corrected chi connectivity index (χ1v) is 41.6. The molecule has 9 heteroatoms. The molecule has 0 aliphatic rings. The van der Waals surface area contributed by atoms with E-state index >= 15 is 0 Å². The Balaban J connectivity index is 4.07. The number of rotatable bonds is 76. The number of quaternary nitrogens is 1. The van der Waals surface area contributed by atoms with Gasteiger partial charge >= 0.3 is 17.9 Å². The topological polar surface area (TPSA) is 108 Å². The largest absolute Gasteiger partial charge is 0.477 e. The van der Waals surface area contributed by atoms with Crippen molar-refractivity contribution in [1.29, 1.82) is 0 Å². The second-order valence-corrected chi connectivity index (χ2v) is 28.7. The highest BCUT2D eigenvalue weighted by Crippen LogP contribution is 2.18. The van der Waals surface area contributed by atoms with Crippen LogP contribution in [0.15, 0.2) is 158 Å². The minimum Gasteiger partial charge on any atom is -0.477 e. The predicted octanol–water partition coefficient (Wildman–Crippen LogP) is 27.1. The number of unbranched alkanes of at least 4 members (excludes halogenated alkanes) is 35. The Labute approximate surface area is 623 Å². The summed E-state index contributed by atoms with van der Waals surface area (Å²) in [5.41, 5.74) is 0. The molecule has 0 aliphatic carbocycles. The van der Waals surface area contributed by atoms with Crippen LogP contribution < -0.4 is 0 Å². The predicted molar refractivity (Wildman–Crippen MR) is 437 cm³/mol. The van der Waals surface area contributed by atoms with Crippen LogP contribution in [0.2, 0.25) is 0 Å². The SMILES string of the molecule is CC/C=C\C/C=C\C/C=C\C/C=C\C/C=C\C/C=C\C/C=C\C/C=C\C/C=C\C/C=C\CCCCCCCCCCC(=O)OC(COC(=O)CCCCCCCCCCCCCCCCCCCCCCCC/C=C\C/C=C\C/C=C\CCCCCCC)COC(OCC[N+](C)(C)C)C(=O)O. The zero-order valence-electron chi connectivity index (χ0n) is 66.0. The molecule has 0 bridgehead atoms. The highest BCUT2D eigenvalue weighted by molar-refractivity contribution is 5.71. The number of allylic oxidation sites excluding steroid dienone is 26. The van der Waals surface area contributed by atoms with Gasteiger partial charge in [0, 0.05) is 12.8 Å². The maximum Gasteiger partial charge on any atom is 0.361 e. The van der Waals surface area contributed by atoms with E-state index < -0.39 is 24.3 Å². The number of aliphatic carboxylic acids is 1. The second kappa shape index (κ2) is 80.6. The van der Waals surface area contributed by atoms with Crippen LogP contribution in [-0.4, -0.2) is 87.4 Å². The van der Waals surface area contributed by atoms with E-state index in [0.29, 0.717) is 23.9 Å². The van der Waals surface area contributed by atoms with Crippen molar-refractivity contribution in [3.05, 3.63) is 158 Å². The van der Waals surface area contributed by atoms with Gasteiger partial charge in [0.15, 0.2) is 6.10 Å². The molecule has 1 N–H and O–H groups in total. The molecule has 0 saturated carbocycles. The monoisotopic (exact) mass is 1400 g/mol. The van der Waals surface area contributed by atoms with Crippen molar-refractivity contribution in [2.45, 2.75) is 360 Å². The molecule has 0 aromatic rings. The van der Waals surface area contributed by atoms with Gasteiger partial charge in [-0.25, -0.2) is 4.79 Å². The maximum absolute atomic E-state index is 13.0. The first-order valence-electron chi connectivity index (χ1n) is 41.6. The smallest absolute Gasteiger partial charge is 0.361 e. The van der Waals surface area contributed by atoms with Gasteiger partial charge in [-0.15, -0.1) is 0 Å². The van der Waals surface area contributed by atoms with Crippen LogP contribution in [0.25, 0.3) is 0 Å². The summed E-state index contributed by atoms with van der Waals surface area (Å²) in [5, 5.41) is 9.78. The van der Waals surface area contributed by atoms with Crippen LogP contribution in [0.3, 0.4) is 0 Å². The molecular formula is C92H156NO8+. The standard InChI is InChI=1S/C92H155NO8/c1-6-8-10-12-14-16-18-20-22-24-26-28-30-32-34-36-38-40-42-44-45-47-49-51-53-55-57-59-61-63-65-67-69-71-73-75-77-79-81-83-90(95)101-88(87-100-92(91(96)97)98-85-84-93(3,4)5)86-99-89(94)82-80-78-76-74-72-70-68-66-64-62-60-58-56-54-52-50-48-46-43-41-39-37-35-33-31-29-27-25-23-21-19-17-15-13-11-9-7-2/h8,10,14,16,19-22,25-28,31-34,38,40,44-45,49,51,55,57,61,63,88,92H,6-7,9,11-13,15,17-18,23-24,29-30,35-37,39,41-43,46-48,50,52-54,56,58-60,62,64-87H2,1-5H3/p+1/b10-8-,16-14-,21-19-,22-20-,27-25-,28-26-,33-31-,34-32-,40-38-,45-44-,51-49-,57-55-,63-61-. The van der Waals surface area contributed by atoms with E-state index in [1.54, 1.807) is 0 Å². The Morgan fingerprint density at radius 1 is 0.307 bits per heavy atom. The first-order chi connectivity index (χ1) is 49.6. The number of carboxylic acids is 1. The number of ether oxygens (including phenoxy) is 4.